The SMILES string of the molecule is CCC(CC)(CN)NS(=O)(=O)c1ccc2c(c1)CCCC2. The Morgan fingerprint density at radius 1 is 1.14 bits per heavy atom. The molecule has 0 fully saturated rings. The number of rotatable bonds is 6. The number of fused-ring (bicyclic) bond motifs is 1. The summed E-state index contributed by atoms with van der Waals surface area (Å²) in [6, 6.07) is 5.52. The summed E-state index contributed by atoms with van der Waals surface area (Å²) >= 11 is 0. The molecule has 0 heterocycles. The van der Waals surface area contributed by atoms with Gasteiger partial charge in [0, 0.05) is 12.1 Å². The molecule has 1 aliphatic carbocycles. The van der Waals surface area contributed by atoms with Gasteiger partial charge in [0.25, 0.3) is 0 Å². The highest BCUT2D eigenvalue weighted by atomic mass is 32.2. The fraction of sp³-hybridized carbons (Fsp3) is 0.625. The van der Waals surface area contributed by atoms with Gasteiger partial charge in [-0.3, -0.25) is 0 Å². The normalized spacial score (nSPS) is 15.8. The summed E-state index contributed by atoms with van der Waals surface area (Å²) in [6.45, 7) is 4.24. The van der Waals surface area contributed by atoms with E-state index in [1.54, 1.807) is 6.07 Å². The van der Waals surface area contributed by atoms with Crippen LogP contribution in [0.4, 0.5) is 0 Å². The van der Waals surface area contributed by atoms with Crippen LogP contribution < -0.4 is 10.5 Å². The zero-order chi connectivity index (χ0) is 15.5. The smallest absolute Gasteiger partial charge is 0.241 e. The molecule has 0 amide bonds. The van der Waals surface area contributed by atoms with E-state index in [0.29, 0.717) is 24.3 Å². The minimum Gasteiger partial charge on any atom is -0.329 e. The van der Waals surface area contributed by atoms with Crippen LogP contribution in [-0.4, -0.2) is 20.5 Å². The average Bonchev–Trinajstić information content (AvgIpc) is 2.52. The van der Waals surface area contributed by atoms with E-state index in [0.717, 1.165) is 19.3 Å². The average molecular weight is 310 g/mol. The monoisotopic (exact) mass is 310 g/mol. The second-order valence-corrected chi connectivity index (χ2v) is 7.62. The molecule has 5 heteroatoms. The van der Waals surface area contributed by atoms with E-state index in [9.17, 15) is 8.42 Å². The van der Waals surface area contributed by atoms with Gasteiger partial charge in [0.15, 0.2) is 0 Å². The highest BCUT2D eigenvalue weighted by Crippen LogP contribution is 2.25. The van der Waals surface area contributed by atoms with E-state index < -0.39 is 15.6 Å². The molecule has 118 valence electrons. The first kappa shape index (κ1) is 16.5. The van der Waals surface area contributed by atoms with Gasteiger partial charge in [-0.05, 0) is 61.8 Å². The molecule has 1 aromatic rings. The Morgan fingerprint density at radius 2 is 1.76 bits per heavy atom. The Balaban J connectivity index is 2.31. The molecule has 2 rings (SSSR count). The van der Waals surface area contributed by atoms with Crippen molar-refractivity contribution in [2.75, 3.05) is 6.54 Å². The summed E-state index contributed by atoms with van der Waals surface area (Å²) in [4.78, 5) is 0.364. The number of aryl methyl sites for hydroxylation is 2. The van der Waals surface area contributed by atoms with Gasteiger partial charge in [-0.1, -0.05) is 19.9 Å². The van der Waals surface area contributed by atoms with Crippen molar-refractivity contribution in [3.05, 3.63) is 29.3 Å². The lowest BCUT2D eigenvalue weighted by Gasteiger charge is -2.31. The summed E-state index contributed by atoms with van der Waals surface area (Å²) in [6.07, 6.45) is 5.73. The van der Waals surface area contributed by atoms with Crippen LogP contribution in [0.15, 0.2) is 23.1 Å². The largest absolute Gasteiger partial charge is 0.329 e. The maximum atomic E-state index is 12.6. The zero-order valence-corrected chi connectivity index (χ0v) is 13.8. The molecule has 0 unspecified atom stereocenters. The predicted octanol–water partition coefficient (Wildman–Crippen LogP) is 2.36. The van der Waals surface area contributed by atoms with Crippen LogP contribution in [0.5, 0.6) is 0 Å². The minimum atomic E-state index is -3.52. The standard InChI is InChI=1S/C16H26N2O2S/c1-3-16(4-2,12-17)18-21(19,20)15-10-9-13-7-5-6-8-14(13)11-15/h9-11,18H,3-8,12,17H2,1-2H3. The molecule has 21 heavy (non-hydrogen) atoms. The number of sulfonamides is 1. The quantitative estimate of drug-likeness (QED) is 0.847. The van der Waals surface area contributed by atoms with Gasteiger partial charge in [0.2, 0.25) is 10.0 Å². The highest BCUT2D eigenvalue weighted by molar-refractivity contribution is 7.89. The molecular weight excluding hydrogens is 284 g/mol. The summed E-state index contributed by atoms with van der Waals surface area (Å²) in [5.41, 5.74) is 7.72. The first-order valence-corrected chi connectivity index (χ1v) is 9.30. The maximum Gasteiger partial charge on any atom is 0.241 e. The van der Waals surface area contributed by atoms with Crippen LogP contribution in [0, 0.1) is 0 Å². The van der Waals surface area contributed by atoms with Crippen molar-refractivity contribution in [1.82, 2.24) is 4.72 Å². The maximum absolute atomic E-state index is 12.6. The molecule has 4 nitrogen and oxygen atoms in total. The van der Waals surface area contributed by atoms with E-state index in [-0.39, 0.29) is 0 Å². The predicted molar refractivity (Wildman–Crippen MR) is 85.8 cm³/mol. The van der Waals surface area contributed by atoms with Crippen molar-refractivity contribution in [2.45, 2.75) is 62.8 Å². The lowest BCUT2D eigenvalue weighted by molar-refractivity contribution is 0.363. The Labute approximate surface area is 128 Å². The van der Waals surface area contributed by atoms with Crippen LogP contribution in [0.3, 0.4) is 0 Å². The molecule has 1 aliphatic rings. The molecule has 0 saturated carbocycles. The Kier molecular flexibility index (Phi) is 5.07. The second-order valence-electron chi connectivity index (χ2n) is 5.93. The van der Waals surface area contributed by atoms with Crippen molar-refractivity contribution in [3.8, 4) is 0 Å². The van der Waals surface area contributed by atoms with Gasteiger partial charge in [-0.2, -0.15) is 0 Å². The zero-order valence-electron chi connectivity index (χ0n) is 13.0. The van der Waals surface area contributed by atoms with Crippen molar-refractivity contribution >= 4 is 10.0 Å². The highest BCUT2D eigenvalue weighted by Gasteiger charge is 2.31. The third-order valence-electron chi connectivity index (χ3n) is 4.73. The topological polar surface area (TPSA) is 72.2 Å². The summed E-state index contributed by atoms with van der Waals surface area (Å²) < 4.78 is 28.1. The first-order valence-electron chi connectivity index (χ1n) is 7.82. The van der Waals surface area contributed by atoms with Gasteiger partial charge >= 0.3 is 0 Å². The van der Waals surface area contributed by atoms with Gasteiger partial charge in [-0.25, -0.2) is 13.1 Å². The molecule has 0 bridgehead atoms. The summed E-state index contributed by atoms with van der Waals surface area (Å²) in [7, 11) is -3.52. The lowest BCUT2D eigenvalue weighted by atomic mass is 9.92. The molecule has 0 aromatic heterocycles. The Hall–Kier alpha value is -0.910. The molecule has 0 saturated heterocycles. The van der Waals surface area contributed by atoms with Crippen LogP contribution in [-0.2, 0) is 22.9 Å². The van der Waals surface area contributed by atoms with Crippen molar-refractivity contribution in [1.29, 1.82) is 0 Å². The van der Waals surface area contributed by atoms with E-state index in [1.807, 2.05) is 26.0 Å². The number of benzene rings is 1. The van der Waals surface area contributed by atoms with Crippen LogP contribution in [0.25, 0.3) is 0 Å². The minimum absolute atomic E-state index is 0.310. The summed E-state index contributed by atoms with van der Waals surface area (Å²) in [5.74, 6) is 0. The molecule has 1 aromatic carbocycles. The Bertz CT molecular complexity index is 584. The summed E-state index contributed by atoms with van der Waals surface area (Å²) in [5, 5.41) is 0. The van der Waals surface area contributed by atoms with Gasteiger partial charge < -0.3 is 5.73 Å². The fourth-order valence-corrected chi connectivity index (χ4v) is 4.55. The van der Waals surface area contributed by atoms with E-state index in [2.05, 4.69) is 4.72 Å². The lowest BCUT2D eigenvalue weighted by Crippen LogP contribution is -2.52. The number of hydrogen-bond donors (Lipinski definition) is 2. The molecule has 3 N–H and O–H groups in total. The third kappa shape index (κ3) is 3.47. The first-order chi connectivity index (χ1) is 9.96. The number of nitrogens with two attached hydrogens (primary N) is 1. The van der Waals surface area contributed by atoms with E-state index in [1.165, 1.54) is 17.5 Å². The molecule has 0 aliphatic heterocycles. The second kappa shape index (κ2) is 6.46. The van der Waals surface area contributed by atoms with Gasteiger partial charge in [0.1, 0.15) is 0 Å². The molecular formula is C16H26N2O2S. The van der Waals surface area contributed by atoms with Gasteiger partial charge in [-0.15, -0.1) is 0 Å². The molecule has 0 radical (unpaired) electrons. The van der Waals surface area contributed by atoms with E-state index >= 15 is 0 Å². The van der Waals surface area contributed by atoms with Crippen molar-refractivity contribution < 1.29 is 8.42 Å². The van der Waals surface area contributed by atoms with Crippen LogP contribution >= 0.6 is 0 Å². The fourth-order valence-electron chi connectivity index (χ4n) is 2.95. The van der Waals surface area contributed by atoms with Crippen LogP contribution in [0.1, 0.15) is 50.7 Å². The van der Waals surface area contributed by atoms with Crippen molar-refractivity contribution in [2.24, 2.45) is 5.73 Å². The third-order valence-corrected chi connectivity index (χ3v) is 6.30. The van der Waals surface area contributed by atoms with Crippen LogP contribution in [0.2, 0.25) is 0 Å². The number of hydrogen-bond acceptors (Lipinski definition) is 3. The van der Waals surface area contributed by atoms with Crippen molar-refractivity contribution in [3.63, 3.8) is 0 Å². The molecule has 0 atom stereocenters. The van der Waals surface area contributed by atoms with E-state index in [4.69, 9.17) is 5.73 Å². The number of nitrogens with one attached hydrogen (secondary N) is 1. The molecule has 0 spiro atoms. The Morgan fingerprint density at radius 3 is 2.33 bits per heavy atom. The van der Waals surface area contributed by atoms with Gasteiger partial charge in [0.05, 0.1) is 4.90 Å².